The van der Waals surface area contributed by atoms with Gasteiger partial charge < -0.3 is 4.90 Å². The zero-order valence-electron chi connectivity index (χ0n) is 8.41. The van der Waals surface area contributed by atoms with E-state index in [9.17, 15) is 0 Å². The van der Waals surface area contributed by atoms with Crippen LogP contribution in [0.25, 0.3) is 0 Å². The summed E-state index contributed by atoms with van der Waals surface area (Å²) in [5.41, 5.74) is 2.80. The summed E-state index contributed by atoms with van der Waals surface area (Å²) in [6, 6.07) is 2.12. The molecule has 13 heavy (non-hydrogen) atoms. The highest BCUT2D eigenvalue weighted by Crippen LogP contribution is 2.27. The molecular weight excluding hydrogens is 162 g/mol. The highest BCUT2D eigenvalue weighted by Gasteiger charge is 2.19. The molecule has 0 aliphatic carbocycles. The number of rotatable bonds is 1. The molecule has 3 heteroatoms. The zero-order chi connectivity index (χ0) is 9.42. The summed E-state index contributed by atoms with van der Waals surface area (Å²) in [6.07, 6.45) is 1.90. The van der Waals surface area contributed by atoms with Crippen LogP contribution in [0.3, 0.4) is 0 Å². The highest BCUT2D eigenvalue weighted by atomic mass is 15.2. The van der Waals surface area contributed by atoms with E-state index in [1.807, 2.05) is 20.3 Å². The van der Waals surface area contributed by atoms with Gasteiger partial charge in [0.05, 0.1) is 0 Å². The Morgan fingerprint density at radius 2 is 2.15 bits per heavy atom. The van der Waals surface area contributed by atoms with Crippen LogP contribution in [0, 0.1) is 0 Å². The Bertz CT molecular complexity index is 320. The summed E-state index contributed by atoms with van der Waals surface area (Å²) in [6.45, 7) is 2.08. The van der Waals surface area contributed by atoms with Gasteiger partial charge >= 0.3 is 0 Å². The van der Waals surface area contributed by atoms with Crippen LogP contribution >= 0.6 is 0 Å². The van der Waals surface area contributed by atoms with E-state index >= 15 is 0 Å². The molecular formula is C10H15N3. The molecule has 70 valence electrons. The molecule has 1 aliphatic rings. The summed E-state index contributed by atoms with van der Waals surface area (Å²) in [5.74, 6) is 1.11. The number of aromatic nitrogens is 1. The van der Waals surface area contributed by atoms with E-state index < -0.39 is 0 Å². The molecule has 0 saturated heterocycles. The van der Waals surface area contributed by atoms with E-state index in [1.54, 1.807) is 0 Å². The van der Waals surface area contributed by atoms with Gasteiger partial charge in [-0.15, -0.1) is 0 Å². The van der Waals surface area contributed by atoms with Gasteiger partial charge in [0.2, 0.25) is 0 Å². The lowest BCUT2D eigenvalue weighted by Gasteiger charge is -2.14. The van der Waals surface area contributed by atoms with Crippen molar-refractivity contribution in [1.29, 1.82) is 0 Å². The Labute approximate surface area is 79.0 Å². The van der Waals surface area contributed by atoms with E-state index in [-0.39, 0.29) is 0 Å². The van der Waals surface area contributed by atoms with Gasteiger partial charge in [0.25, 0.3) is 0 Å². The third-order valence-corrected chi connectivity index (χ3v) is 2.42. The second kappa shape index (κ2) is 3.00. The molecule has 0 bridgehead atoms. The standard InChI is InChI=1S/C10H15N3/c1-12(2)10-9-7-13(3)6-8(9)4-5-11-10/h4-5H,6-7H2,1-3H3. The lowest BCUT2D eigenvalue weighted by Crippen LogP contribution is -2.14. The SMILES string of the molecule is CN1Cc2ccnc(N(C)C)c2C1. The second-order valence-electron chi connectivity index (χ2n) is 3.84. The van der Waals surface area contributed by atoms with Gasteiger partial charge in [-0.1, -0.05) is 0 Å². The predicted molar refractivity (Wildman–Crippen MR) is 53.7 cm³/mol. The van der Waals surface area contributed by atoms with Crippen LogP contribution < -0.4 is 4.90 Å². The van der Waals surface area contributed by atoms with Gasteiger partial charge in [-0.05, 0) is 18.7 Å². The highest BCUT2D eigenvalue weighted by molar-refractivity contribution is 5.51. The van der Waals surface area contributed by atoms with Crippen molar-refractivity contribution >= 4 is 5.82 Å². The third kappa shape index (κ3) is 1.40. The van der Waals surface area contributed by atoms with E-state index in [4.69, 9.17) is 0 Å². The summed E-state index contributed by atoms with van der Waals surface area (Å²) >= 11 is 0. The number of nitrogens with zero attached hydrogens (tertiary/aromatic N) is 3. The van der Waals surface area contributed by atoms with Crippen molar-refractivity contribution in [2.24, 2.45) is 0 Å². The average Bonchev–Trinajstić information content (AvgIpc) is 2.43. The van der Waals surface area contributed by atoms with Crippen molar-refractivity contribution in [3.05, 3.63) is 23.4 Å². The molecule has 2 heterocycles. The minimum Gasteiger partial charge on any atom is -0.362 e. The first-order valence-electron chi connectivity index (χ1n) is 4.51. The van der Waals surface area contributed by atoms with Crippen molar-refractivity contribution in [2.75, 3.05) is 26.0 Å². The van der Waals surface area contributed by atoms with Gasteiger partial charge in [0.15, 0.2) is 0 Å². The number of fused-ring (bicyclic) bond motifs is 1. The van der Waals surface area contributed by atoms with Crippen LogP contribution in [0.15, 0.2) is 12.3 Å². The van der Waals surface area contributed by atoms with Gasteiger partial charge in [-0.25, -0.2) is 4.98 Å². The minimum absolute atomic E-state index is 1.02. The van der Waals surface area contributed by atoms with Crippen LogP contribution in [-0.4, -0.2) is 31.0 Å². The molecule has 3 nitrogen and oxygen atoms in total. The van der Waals surface area contributed by atoms with E-state index in [0.29, 0.717) is 0 Å². The van der Waals surface area contributed by atoms with E-state index in [1.165, 1.54) is 11.1 Å². The van der Waals surface area contributed by atoms with Crippen molar-refractivity contribution in [3.8, 4) is 0 Å². The van der Waals surface area contributed by atoms with E-state index in [0.717, 1.165) is 18.9 Å². The lowest BCUT2D eigenvalue weighted by molar-refractivity contribution is 0.353. The first-order valence-corrected chi connectivity index (χ1v) is 4.51. The number of hydrogen-bond donors (Lipinski definition) is 0. The molecule has 1 aliphatic heterocycles. The van der Waals surface area contributed by atoms with Crippen molar-refractivity contribution in [2.45, 2.75) is 13.1 Å². The average molecular weight is 177 g/mol. The predicted octanol–water partition coefficient (Wildman–Crippen LogP) is 1.09. The first-order chi connectivity index (χ1) is 6.18. The van der Waals surface area contributed by atoms with E-state index in [2.05, 4.69) is 27.9 Å². The Hall–Kier alpha value is -1.09. The molecule has 0 spiro atoms. The molecule has 0 unspecified atom stereocenters. The van der Waals surface area contributed by atoms with Crippen LogP contribution in [-0.2, 0) is 13.1 Å². The second-order valence-corrected chi connectivity index (χ2v) is 3.84. The van der Waals surface area contributed by atoms with Crippen LogP contribution in [0.1, 0.15) is 11.1 Å². The molecule has 0 fully saturated rings. The number of anilines is 1. The zero-order valence-corrected chi connectivity index (χ0v) is 8.41. The minimum atomic E-state index is 1.02. The molecule has 0 saturated carbocycles. The summed E-state index contributed by atoms with van der Waals surface area (Å²) in [7, 11) is 6.22. The van der Waals surface area contributed by atoms with Crippen LogP contribution in [0.2, 0.25) is 0 Å². The lowest BCUT2D eigenvalue weighted by atomic mass is 10.1. The summed E-state index contributed by atoms with van der Waals surface area (Å²) < 4.78 is 0. The van der Waals surface area contributed by atoms with Crippen molar-refractivity contribution < 1.29 is 0 Å². The molecule has 1 aromatic rings. The fourth-order valence-electron chi connectivity index (χ4n) is 1.84. The maximum absolute atomic E-state index is 4.38. The Balaban J connectivity index is 2.45. The molecule has 2 rings (SSSR count). The van der Waals surface area contributed by atoms with Gasteiger partial charge in [0.1, 0.15) is 5.82 Å². The molecule has 1 aromatic heterocycles. The van der Waals surface area contributed by atoms with Gasteiger partial charge in [0, 0.05) is 38.9 Å². The number of hydrogen-bond acceptors (Lipinski definition) is 3. The number of pyridine rings is 1. The van der Waals surface area contributed by atoms with Gasteiger partial charge in [-0.2, -0.15) is 0 Å². The first kappa shape index (κ1) is 8.51. The molecule has 0 aromatic carbocycles. The maximum Gasteiger partial charge on any atom is 0.132 e. The summed E-state index contributed by atoms with van der Waals surface area (Å²) in [5, 5.41) is 0. The maximum atomic E-state index is 4.38. The fourth-order valence-corrected chi connectivity index (χ4v) is 1.84. The van der Waals surface area contributed by atoms with Crippen molar-refractivity contribution in [1.82, 2.24) is 9.88 Å². The quantitative estimate of drug-likeness (QED) is 0.640. The smallest absolute Gasteiger partial charge is 0.132 e. The monoisotopic (exact) mass is 177 g/mol. The Morgan fingerprint density at radius 1 is 1.38 bits per heavy atom. The molecule has 0 radical (unpaired) electrons. The Kier molecular flexibility index (Phi) is 1.96. The van der Waals surface area contributed by atoms with Gasteiger partial charge in [-0.3, -0.25) is 4.90 Å². The molecule has 0 N–H and O–H groups in total. The molecule has 0 amide bonds. The normalized spacial score (nSPS) is 15.9. The Morgan fingerprint density at radius 3 is 2.85 bits per heavy atom. The van der Waals surface area contributed by atoms with Crippen LogP contribution in [0.4, 0.5) is 5.82 Å². The fraction of sp³-hybridized carbons (Fsp3) is 0.500. The topological polar surface area (TPSA) is 19.4 Å². The summed E-state index contributed by atoms with van der Waals surface area (Å²) in [4.78, 5) is 8.77. The van der Waals surface area contributed by atoms with Crippen molar-refractivity contribution in [3.63, 3.8) is 0 Å². The molecule has 0 atom stereocenters. The largest absolute Gasteiger partial charge is 0.362 e. The van der Waals surface area contributed by atoms with Crippen LogP contribution in [0.5, 0.6) is 0 Å². The third-order valence-electron chi connectivity index (χ3n) is 2.42.